The molecule has 0 amide bonds. The van der Waals surface area contributed by atoms with Crippen molar-refractivity contribution in [2.24, 2.45) is 0 Å². The van der Waals surface area contributed by atoms with Crippen molar-refractivity contribution in [3.63, 3.8) is 0 Å². The van der Waals surface area contributed by atoms with Crippen LogP contribution < -0.4 is 0 Å². The molecule has 0 bridgehead atoms. The first kappa shape index (κ1) is 37.8. The molecule has 0 unspecified atom stereocenters. The number of fused-ring (bicyclic) bond motifs is 14. The van der Waals surface area contributed by atoms with E-state index in [4.69, 9.17) is 19.4 Å². The second-order valence-corrected chi connectivity index (χ2v) is 17.9. The van der Waals surface area contributed by atoms with Crippen molar-refractivity contribution in [3.8, 4) is 45.5 Å². The van der Waals surface area contributed by atoms with Gasteiger partial charge < -0.3 is 13.6 Å². The Morgan fingerprint density at radius 1 is 0.290 bits per heavy atom. The standard InChI is InChI=1S/C63H37N5O/c1-3-18-40(19-4-1)61-64-62(49-27-15-29-54-58(49)48-26-13-14-28-53(48)67(54)43-22-5-2-6-23-43)66-63(65-61)52-37-44(36-50-47-32-30-39-17-10-12-25-46(39)59(47)69-60(50)52)68-55-33-31-38-16-9-11-24-45(38)57(55)51-34-41-20-7-8-21-42(41)35-56(51)68/h1-37H. The molecule has 15 aromatic rings. The van der Waals surface area contributed by atoms with E-state index in [1.54, 1.807) is 0 Å². The van der Waals surface area contributed by atoms with E-state index in [-0.39, 0.29) is 0 Å². The van der Waals surface area contributed by atoms with E-state index < -0.39 is 0 Å². The van der Waals surface area contributed by atoms with Gasteiger partial charge >= 0.3 is 0 Å². The van der Waals surface area contributed by atoms with Gasteiger partial charge in [0.15, 0.2) is 17.5 Å². The average molecular weight is 880 g/mol. The molecule has 11 aromatic carbocycles. The number of rotatable bonds is 5. The molecule has 6 nitrogen and oxygen atoms in total. The molecule has 0 atom stereocenters. The van der Waals surface area contributed by atoms with Gasteiger partial charge in [-0.05, 0) is 87.6 Å². The summed E-state index contributed by atoms with van der Waals surface area (Å²) in [6.45, 7) is 0. The number of hydrogen-bond donors (Lipinski definition) is 0. The molecule has 4 heterocycles. The summed E-state index contributed by atoms with van der Waals surface area (Å²) in [5.41, 5.74) is 10.6. The van der Waals surface area contributed by atoms with Crippen LogP contribution in [0, 0.1) is 0 Å². The van der Waals surface area contributed by atoms with Crippen molar-refractivity contribution < 1.29 is 4.42 Å². The molecular weight excluding hydrogens is 843 g/mol. The highest BCUT2D eigenvalue weighted by Gasteiger charge is 2.25. The average Bonchev–Trinajstić information content (AvgIpc) is 4.08. The molecule has 0 aliphatic rings. The fourth-order valence-electron chi connectivity index (χ4n) is 11.0. The van der Waals surface area contributed by atoms with E-state index in [0.717, 1.165) is 93.6 Å². The molecule has 0 aliphatic heterocycles. The second kappa shape index (κ2) is 14.6. The van der Waals surface area contributed by atoms with E-state index in [1.165, 1.54) is 32.3 Å². The number of nitrogens with zero attached hydrogens (tertiary/aromatic N) is 5. The lowest BCUT2D eigenvalue weighted by molar-refractivity contribution is 0.673. The number of benzene rings is 11. The molecule has 320 valence electrons. The highest BCUT2D eigenvalue weighted by atomic mass is 16.3. The maximum absolute atomic E-state index is 7.17. The minimum absolute atomic E-state index is 0.523. The first-order valence-corrected chi connectivity index (χ1v) is 23.3. The summed E-state index contributed by atoms with van der Waals surface area (Å²) in [6, 6.07) is 79.7. The predicted octanol–water partition coefficient (Wildman–Crippen LogP) is 16.4. The van der Waals surface area contributed by atoms with Crippen LogP contribution in [0.3, 0.4) is 0 Å². The van der Waals surface area contributed by atoms with Crippen LogP contribution in [0.25, 0.3) is 143 Å². The summed E-state index contributed by atoms with van der Waals surface area (Å²) >= 11 is 0. The lowest BCUT2D eigenvalue weighted by Crippen LogP contribution is -2.02. The van der Waals surface area contributed by atoms with Crippen molar-refractivity contribution in [2.45, 2.75) is 0 Å². The van der Waals surface area contributed by atoms with Crippen LogP contribution in [0.5, 0.6) is 0 Å². The summed E-state index contributed by atoms with van der Waals surface area (Å²) in [7, 11) is 0. The molecule has 0 aliphatic carbocycles. The zero-order valence-electron chi connectivity index (χ0n) is 37.0. The fourth-order valence-corrected chi connectivity index (χ4v) is 11.0. The van der Waals surface area contributed by atoms with Crippen LogP contribution in [0.15, 0.2) is 229 Å². The van der Waals surface area contributed by atoms with Crippen LogP contribution in [-0.2, 0) is 0 Å². The van der Waals surface area contributed by atoms with Gasteiger partial charge in [-0.25, -0.2) is 15.0 Å². The Balaban J connectivity index is 1.07. The molecule has 0 saturated heterocycles. The molecule has 0 spiro atoms. The SMILES string of the molecule is c1ccc(-c2nc(-c3cc(-n4c5cc6ccccc6cc5c5c6ccccc6ccc54)cc4c3oc3c5ccccc5ccc43)nc(-c3cccc4c3c3ccccc3n4-c3ccccc3)n2)cc1. The number of furan rings is 1. The lowest BCUT2D eigenvalue weighted by atomic mass is 10.0. The zero-order chi connectivity index (χ0) is 45.2. The van der Waals surface area contributed by atoms with Crippen LogP contribution in [0.2, 0.25) is 0 Å². The van der Waals surface area contributed by atoms with Crippen molar-refractivity contribution in [1.29, 1.82) is 0 Å². The Morgan fingerprint density at radius 3 is 1.70 bits per heavy atom. The molecule has 0 radical (unpaired) electrons. The predicted molar refractivity (Wildman–Crippen MR) is 285 cm³/mol. The summed E-state index contributed by atoms with van der Waals surface area (Å²) in [5, 5.41) is 13.6. The third-order valence-corrected chi connectivity index (χ3v) is 14.1. The number of aromatic nitrogens is 5. The van der Waals surface area contributed by atoms with Gasteiger partial charge in [0, 0.05) is 60.2 Å². The van der Waals surface area contributed by atoms with Crippen LogP contribution in [0.4, 0.5) is 0 Å². The Labute approximate surface area is 394 Å². The summed E-state index contributed by atoms with van der Waals surface area (Å²) in [6.07, 6.45) is 0. The third-order valence-electron chi connectivity index (χ3n) is 14.1. The molecule has 0 saturated carbocycles. The summed E-state index contributed by atoms with van der Waals surface area (Å²) in [4.78, 5) is 16.3. The molecule has 6 heteroatoms. The van der Waals surface area contributed by atoms with Gasteiger partial charge in [0.25, 0.3) is 0 Å². The van der Waals surface area contributed by atoms with E-state index in [0.29, 0.717) is 17.5 Å². The topological polar surface area (TPSA) is 61.7 Å². The molecule has 15 rings (SSSR count). The Kier molecular flexibility index (Phi) is 7.97. The number of para-hydroxylation sites is 2. The smallest absolute Gasteiger partial charge is 0.167 e. The van der Waals surface area contributed by atoms with Gasteiger partial charge in [0.1, 0.15) is 11.2 Å². The zero-order valence-corrected chi connectivity index (χ0v) is 37.0. The maximum atomic E-state index is 7.17. The monoisotopic (exact) mass is 879 g/mol. The van der Waals surface area contributed by atoms with Crippen LogP contribution in [0.1, 0.15) is 0 Å². The molecular formula is C63H37N5O. The summed E-state index contributed by atoms with van der Waals surface area (Å²) < 4.78 is 11.9. The minimum Gasteiger partial charge on any atom is -0.455 e. The fraction of sp³-hybridized carbons (Fsp3) is 0. The van der Waals surface area contributed by atoms with Gasteiger partial charge in [0.05, 0.1) is 27.6 Å². The van der Waals surface area contributed by atoms with Crippen LogP contribution in [-0.4, -0.2) is 24.1 Å². The van der Waals surface area contributed by atoms with Crippen LogP contribution >= 0.6 is 0 Å². The molecule has 0 fully saturated rings. The molecule has 0 N–H and O–H groups in total. The second-order valence-electron chi connectivity index (χ2n) is 17.9. The van der Waals surface area contributed by atoms with E-state index >= 15 is 0 Å². The highest BCUT2D eigenvalue weighted by Crippen LogP contribution is 2.45. The van der Waals surface area contributed by atoms with E-state index in [2.05, 4.69) is 215 Å². The van der Waals surface area contributed by atoms with Crippen molar-refractivity contribution >= 4 is 97.9 Å². The van der Waals surface area contributed by atoms with Gasteiger partial charge in [-0.2, -0.15) is 0 Å². The Hall–Kier alpha value is -9.39. The van der Waals surface area contributed by atoms with Crippen molar-refractivity contribution in [3.05, 3.63) is 224 Å². The van der Waals surface area contributed by atoms with Gasteiger partial charge in [0.2, 0.25) is 0 Å². The Morgan fingerprint density at radius 2 is 0.884 bits per heavy atom. The summed E-state index contributed by atoms with van der Waals surface area (Å²) in [5.74, 6) is 1.68. The normalized spacial score (nSPS) is 12.1. The minimum atomic E-state index is 0.523. The highest BCUT2D eigenvalue weighted by molar-refractivity contribution is 6.24. The first-order chi connectivity index (χ1) is 34.2. The van der Waals surface area contributed by atoms with Gasteiger partial charge in [-0.3, -0.25) is 0 Å². The van der Waals surface area contributed by atoms with Gasteiger partial charge in [-0.1, -0.05) is 164 Å². The molecule has 4 aromatic heterocycles. The number of hydrogen-bond acceptors (Lipinski definition) is 4. The van der Waals surface area contributed by atoms with Crippen molar-refractivity contribution in [2.75, 3.05) is 0 Å². The van der Waals surface area contributed by atoms with E-state index in [9.17, 15) is 0 Å². The van der Waals surface area contributed by atoms with Gasteiger partial charge in [-0.15, -0.1) is 0 Å². The lowest BCUT2D eigenvalue weighted by Gasteiger charge is -2.13. The van der Waals surface area contributed by atoms with Crippen molar-refractivity contribution in [1.82, 2.24) is 24.1 Å². The first-order valence-electron chi connectivity index (χ1n) is 23.3. The maximum Gasteiger partial charge on any atom is 0.167 e. The van der Waals surface area contributed by atoms with E-state index in [1.807, 2.05) is 18.2 Å². The third kappa shape index (κ3) is 5.63. The quantitative estimate of drug-likeness (QED) is 0.173. The Bertz CT molecular complexity index is 4600. The largest absolute Gasteiger partial charge is 0.455 e. The molecule has 69 heavy (non-hydrogen) atoms.